The Balaban J connectivity index is 1.56. The monoisotopic (exact) mass is 309 g/mol. The topological polar surface area (TPSA) is 30.5 Å². The fourth-order valence-corrected chi connectivity index (χ4v) is 3.25. The number of rotatable bonds is 5. The van der Waals surface area contributed by atoms with Crippen molar-refractivity contribution in [1.29, 1.82) is 0 Å². The summed E-state index contributed by atoms with van der Waals surface area (Å²) < 4.78 is 11.1. The minimum Gasteiger partial charge on any atom is -0.491 e. The fraction of sp³-hybridized carbons (Fsp3) is 0.647. The van der Waals surface area contributed by atoms with E-state index in [1.54, 1.807) is 0 Å². The number of hydrogen-bond acceptors (Lipinski definition) is 3. The molecule has 4 heteroatoms. The molecule has 2 heterocycles. The molecule has 2 saturated heterocycles. The average Bonchev–Trinajstić information content (AvgIpc) is 2.45. The van der Waals surface area contributed by atoms with Crippen LogP contribution in [0.15, 0.2) is 18.2 Å². The highest BCUT2D eigenvalue weighted by Gasteiger charge is 2.34. The quantitative estimate of drug-likeness (QED) is 0.905. The van der Waals surface area contributed by atoms with E-state index in [4.69, 9.17) is 21.1 Å². The van der Waals surface area contributed by atoms with E-state index >= 15 is 0 Å². The van der Waals surface area contributed by atoms with Gasteiger partial charge in [0, 0.05) is 5.41 Å². The van der Waals surface area contributed by atoms with Crippen LogP contribution in [0.2, 0.25) is 5.02 Å². The van der Waals surface area contributed by atoms with Gasteiger partial charge in [-0.25, -0.2) is 0 Å². The van der Waals surface area contributed by atoms with Crippen molar-refractivity contribution in [2.24, 2.45) is 11.3 Å². The van der Waals surface area contributed by atoms with Crippen molar-refractivity contribution in [3.8, 4) is 5.75 Å². The molecule has 2 aliphatic heterocycles. The number of ether oxygens (including phenoxy) is 2. The number of nitrogens with one attached hydrogen (secondary N) is 1. The number of piperidine rings is 1. The summed E-state index contributed by atoms with van der Waals surface area (Å²) in [7, 11) is 0. The van der Waals surface area contributed by atoms with E-state index in [0.29, 0.717) is 6.61 Å². The molecule has 2 fully saturated rings. The van der Waals surface area contributed by atoms with Crippen LogP contribution in [0.5, 0.6) is 5.75 Å². The normalized spacial score (nSPS) is 21.8. The molecule has 3 nitrogen and oxygen atoms in total. The Morgan fingerprint density at radius 1 is 1.33 bits per heavy atom. The minimum atomic E-state index is 0.150. The molecule has 0 atom stereocenters. The molecule has 0 saturated carbocycles. The SMILES string of the molecule is CC1(COc2ccc(CC3CCNCC3)cc2Cl)COC1. The summed E-state index contributed by atoms with van der Waals surface area (Å²) in [6.45, 7) is 6.67. The molecule has 0 amide bonds. The van der Waals surface area contributed by atoms with Crippen molar-refractivity contribution in [1.82, 2.24) is 5.32 Å². The second-order valence-corrected chi connectivity index (χ2v) is 7.16. The van der Waals surface area contributed by atoms with Gasteiger partial charge < -0.3 is 14.8 Å². The highest BCUT2D eigenvalue weighted by molar-refractivity contribution is 6.32. The van der Waals surface area contributed by atoms with Gasteiger partial charge in [0.2, 0.25) is 0 Å². The first kappa shape index (κ1) is 15.1. The number of halogens is 1. The van der Waals surface area contributed by atoms with Gasteiger partial charge in [-0.1, -0.05) is 24.6 Å². The lowest BCUT2D eigenvalue weighted by Crippen LogP contribution is -2.44. The molecule has 21 heavy (non-hydrogen) atoms. The highest BCUT2D eigenvalue weighted by Crippen LogP contribution is 2.31. The van der Waals surface area contributed by atoms with Crippen LogP contribution in [0, 0.1) is 11.3 Å². The van der Waals surface area contributed by atoms with Gasteiger partial charge in [0.25, 0.3) is 0 Å². The van der Waals surface area contributed by atoms with Crippen molar-refractivity contribution >= 4 is 11.6 Å². The zero-order valence-corrected chi connectivity index (χ0v) is 13.4. The van der Waals surface area contributed by atoms with Gasteiger partial charge in [0.15, 0.2) is 0 Å². The summed E-state index contributed by atoms with van der Waals surface area (Å²) in [6.07, 6.45) is 3.63. The van der Waals surface area contributed by atoms with Gasteiger partial charge in [-0.2, -0.15) is 0 Å². The number of benzene rings is 1. The van der Waals surface area contributed by atoms with E-state index in [1.165, 1.54) is 18.4 Å². The van der Waals surface area contributed by atoms with Gasteiger partial charge in [-0.15, -0.1) is 0 Å². The molecule has 1 N–H and O–H groups in total. The second-order valence-electron chi connectivity index (χ2n) is 6.75. The molecule has 0 spiro atoms. The molecule has 1 aromatic rings. The highest BCUT2D eigenvalue weighted by atomic mass is 35.5. The van der Waals surface area contributed by atoms with Gasteiger partial charge in [0.05, 0.1) is 24.8 Å². The van der Waals surface area contributed by atoms with Crippen molar-refractivity contribution in [2.45, 2.75) is 26.2 Å². The Kier molecular flexibility index (Phi) is 4.72. The van der Waals surface area contributed by atoms with E-state index in [9.17, 15) is 0 Å². The Morgan fingerprint density at radius 3 is 2.71 bits per heavy atom. The van der Waals surface area contributed by atoms with Crippen LogP contribution in [0.4, 0.5) is 0 Å². The average molecular weight is 310 g/mol. The Bertz CT molecular complexity index is 482. The van der Waals surface area contributed by atoms with Crippen LogP contribution in [0.3, 0.4) is 0 Å². The lowest BCUT2D eigenvalue weighted by atomic mass is 9.90. The maximum Gasteiger partial charge on any atom is 0.137 e. The van der Waals surface area contributed by atoms with Crippen LogP contribution in [-0.4, -0.2) is 32.9 Å². The third-order valence-corrected chi connectivity index (χ3v) is 4.75. The molecular formula is C17H24ClNO2. The molecule has 0 aromatic heterocycles. The van der Waals surface area contributed by atoms with Crippen molar-refractivity contribution in [3.63, 3.8) is 0 Å². The lowest BCUT2D eigenvalue weighted by molar-refractivity contribution is -0.120. The summed E-state index contributed by atoms with van der Waals surface area (Å²) in [5, 5.41) is 4.13. The van der Waals surface area contributed by atoms with E-state index in [2.05, 4.69) is 24.4 Å². The van der Waals surface area contributed by atoms with Crippen LogP contribution in [0.25, 0.3) is 0 Å². The Labute approximate surface area is 132 Å². The molecule has 2 aliphatic rings. The lowest BCUT2D eigenvalue weighted by Gasteiger charge is -2.37. The molecule has 0 bridgehead atoms. The maximum atomic E-state index is 6.37. The first-order valence-electron chi connectivity index (χ1n) is 7.84. The third kappa shape index (κ3) is 3.91. The molecule has 0 aliphatic carbocycles. The van der Waals surface area contributed by atoms with Crippen LogP contribution < -0.4 is 10.1 Å². The van der Waals surface area contributed by atoms with E-state index in [-0.39, 0.29) is 5.41 Å². The molecule has 3 rings (SSSR count). The zero-order chi connectivity index (χ0) is 14.7. The second kappa shape index (κ2) is 6.55. The smallest absolute Gasteiger partial charge is 0.137 e. The molecule has 116 valence electrons. The summed E-state index contributed by atoms with van der Waals surface area (Å²) >= 11 is 6.37. The Morgan fingerprint density at radius 2 is 2.10 bits per heavy atom. The summed E-state index contributed by atoms with van der Waals surface area (Å²) in [5.74, 6) is 1.57. The van der Waals surface area contributed by atoms with Gasteiger partial charge in [-0.05, 0) is 56.0 Å². The molecule has 1 aromatic carbocycles. The molecule has 0 unspecified atom stereocenters. The standard InChI is InChI=1S/C17H24ClNO2/c1-17(10-20-11-17)12-21-16-3-2-14(9-15(16)18)8-13-4-6-19-7-5-13/h2-3,9,13,19H,4-8,10-12H2,1H3. The van der Waals surface area contributed by atoms with Gasteiger partial charge in [0.1, 0.15) is 5.75 Å². The van der Waals surface area contributed by atoms with E-state index < -0.39 is 0 Å². The molecular weight excluding hydrogens is 286 g/mol. The first-order valence-corrected chi connectivity index (χ1v) is 8.22. The van der Waals surface area contributed by atoms with Crippen LogP contribution >= 0.6 is 11.6 Å². The minimum absolute atomic E-state index is 0.150. The largest absolute Gasteiger partial charge is 0.491 e. The van der Waals surface area contributed by atoms with E-state index in [0.717, 1.165) is 49.4 Å². The Hall–Kier alpha value is -0.770. The van der Waals surface area contributed by atoms with Gasteiger partial charge in [-0.3, -0.25) is 0 Å². The first-order chi connectivity index (χ1) is 10.1. The molecule has 0 radical (unpaired) electrons. The number of hydrogen-bond donors (Lipinski definition) is 1. The fourth-order valence-electron chi connectivity index (χ4n) is 2.99. The van der Waals surface area contributed by atoms with Crippen molar-refractivity contribution in [3.05, 3.63) is 28.8 Å². The maximum absolute atomic E-state index is 6.37. The summed E-state index contributed by atoms with van der Waals surface area (Å²) in [6, 6.07) is 6.24. The van der Waals surface area contributed by atoms with Crippen molar-refractivity contribution in [2.75, 3.05) is 32.9 Å². The van der Waals surface area contributed by atoms with E-state index in [1.807, 2.05) is 6.07 Å². The summed E-state index contributed by atoms with van der Waals surface area (Å²) in [4.78, 5) is 0. The summed E-state index contributed by atoms with van der Waals surface area (Å²) in [5.41, 5.74) is 1.47. The zero-order valence-electron chi connectivity index (χ0n) is 12.7. The van der Waals surface area contributed by atoms with Crippen molar-refractivity contribution < 1.29 is 9.47 Å². The van der Waals surface area contributed by atoms with Crippen LogP contribution in [0.1, 0.15) is 25.3 Å². The van der Waals surface area contributed by atoms with Crippen LogP contribution in [-0.2, 0) is 11.2 Å². The third-order valence-electron chi connectivity index (χ3n) is 4.46. The predicted octanol–water partition coefficient (Wildman–Crippen LogP) is 3.30. The predicted molar refractivity (Wildman–Crippen MR) is 85.2 cm³/mol. The van der Waals surface area contributed by atoms with Gasteiger partial charge >= 0.3 is 0 Å².